The van der Waals surface area contributed by atoms with E-state index in [2.05, 4.69) is 35.4 Å². The standard InChI is InChI=1S/C15H27N7O.HI/c1-16-14(18-7-13-23-2)17-6-8-21-9-11-22(12-10-21)15-19-4-3-5-20-15;/h3-5H,6-13H2,1-2H3,(H2,16,17,18);1H. The van der Waals surface area contributed by atoms with Crippen molar-refractivity contribution in [2.75, 3.05) is 71.5 Å². The molecule has 1 aliphatic heterocycles. The highest BCUT2D eigenvalue weighted by molar-refractivity contribution is 14.0. The van der Waals surface area contributed by atoms with Gasteiger partial charge in [-0.2, -0.15) is 0 Å². The van der Waals surface area contributed by atoms with Gasteiger partial charge in [-0.15, -0.1) is 24.0 Å². The van der Waals surface area contributed by atoms with E-state index in [0.29, 0.717) is 6.61 Å². The van der Waals surface area contributed by atoms with Gasteiger partial charge in [0.05, 0.1) is 6.61 Å². The van der Waals surface area contributed by atoms with Crippen molar-refractivity contribution in [2.45, 2.75) is 0 Å². The molecule has 2 rings (SSSR count). The minimum Gasteiger partial charge on any atom is -0.383 e. The molecular weight excluding hydrogens is 421 g/mol. The van der Waals surface area contributed by atoms with Crippen LogP contribution >= 0.6 is 24.0 Å². The first kappa shape index (κ1) is 20.8. The zero-order valence-electron chi connectivity index (χ0n) is 14.4. The number of halogens is 1. The van der Waals surface area contributed by atoms with Crippen LogP contribution in [0.25, 0.3) is 0 Å². The predicted molar refractivity (Wildman–Crippen MR) is 107 cm³/mol. The molecule has 0 radical (unpaired) electrons. The fourth-order valence-electron chi connectivity index (χ4n) is 2.45. The van der Waals surface area contributed by atoms with Gasteiger partial charge in [0.15, 0.2) is 5.96 Å². The summed E-state index contributed by atoms with van der Waals surface area (Å²) in [7, 11) is 3.47. The molecular formula is C15H28IN7O. The fourth-order valence-corrected chi connectivity index (χ4v) is 2.45. The summed E-state index contributed by atoms with van der Waals surface area (Å²) in [6, 6.07) is 1.85. The highest BCUT2D eigenvalue weighted by Crippen LogP contribution is 2.08. The normalized spacial score (nSPS) is 15.8. The van der Waals surface area contributed by atoms with Crippen molar-refractivity contribution in [3.63, 3.8) is 0 Å². The minimum absolute atomic E-state index is 0. The van der Waals surface area contributed by atoms with Crippen LogP contribution in [0, 0.1) is 0 Å². The van der Waals surface area contributed by atoms with Crippen molar-refractivity contribution in [1.29, 1.82) is 0 Å². The second kappa shape index (κ2) is 12.2. The maximum atomic E-state index is 5.01. The lowest BCUT2D eigenvalue weighted by Gasteiger charge is -2.34. The van der Waals surface area contributed by atoms with Crippen LogP contribution in [0.3, 0.4) is 0 Å². The van der Waals surface area contributed by atoms with Gasteiger partial charge in [0.25, 0.3) is 0 Å². The third-order valence-corrected chi connectivity index (χ3v) is 3.75. The average molecular weight is 449 g/mol. The Labute approximate surface area is 161 Å². The number of hydrogen-bond acceptors (Lipinski definition) is 6. The number of nitrogens with zero attached hydrogens (tertiary/aromatic N) is 5. The van der Waals surface area contributed by atoms with Gasteiger partial charge in [-0.05, 0) is 6.07 Å². The number of aliphatic imine (C=N–C) groups is 1. The molecule has 1 saturated heterocycles. The van der Waals surface area contributed by atoms with E-state index in [0.717, 1.165) is 57.7 Å². The molecule has 2 heterocycles. The number of piperazine rings is 1. The van der Waals surface area contributed by atoms with E-state index in [1.165, 1.54) is 0 Å². The predicted octanol–water partition coefficient (Wildman–Crippen LogP) is 0.0280. The van der Waals surface area contributed by atoms with E-state index in [1.807, 2.05) is 6.07 Å². The van der Waals surface area contributed by atoms with Gasteiger partial charge >= 0.3 is 0 Å². The molecule has 0 bridgehead atoms. The first-order chi connectivity index (χ1) is 11.3. The number of guanidine groups is 1. The maximum absolute atomic E-state index is 5.01. The number of hydrogen-bond donors (Lipinski definition) is 2. The fraction of sp³-hybridized carbons (Fsp3) is 0.667. The zero-order valence-corrected chi connectivity index (χ0v) is 16.8. The number of aromatic nitrogens is 2. The molecule has 0 aliphatic carbocycles. The number of anilines is 1. The number of nitrogens with one attached hydrogen (secondary N) is 2. The molecule has 1 aromatic rings. The third kappa shape index (κ3) is 7.14. The third-order valence-electron chi connectivity index (χ3n) is 3.75. The Morgan fingerprint density at radius 3 is 2.46 bits per heavy atom. The highest BCUT2D eigenvalue weighted by atomic mass is 127. The monoisotopic (exact) mass is 449 g/mol. The summed E-state index contributed by atoms with van der Waals surface area (Å²) in [5, 5.41) is 6.53. The van der Waals surface area contributed by atoms with Gasteiger partial charge in [-0.1, -0.05) is 0 Å². The van der Waals surface area contributed by atoms with E-state index in [9.17, 15) is 0 Å². The lowest BCUT2D eigenvalue weighted by atomic mass is 10.3. The average Bonchev–Trinajstić information content (AvgIpc) is 2.62. The molecule has 2 N–H and O–H groups in total. The molecule has 0 saturated carbocycles. The van der Waals surface area contributed by atoms with E-state index < -0.39 is 0 Å². The van der Waals surface area contributed by atoms with Crippen LogP contribution < -0.4 is 15.5 Å². The Morgan fingerprint density at radius 1 is 1.17 bits per heavy atom. The summed E-state index contributed by atoms with van der Waals surface area (Å²) in [5.41, 5.74) is 0. The van der Waals surface area contributed by atoms with Crippen molar-refractivity contribution >= 4 is 35.9 Å². The number of methoxy groups -OCH3 is 1. The molecule has 9 heteroatoms. The van der Waals surface area contributed by atoms with Crippen LogP contribution in [0.5, 0.6) is 0 Å². The summed E-state index contributed by atoms with van der Waals surface area (Å²) in [6.07, 6.45) is 3.58. The molecule has 0 atom stereocenters. The summed E-state index contributed by atoms with van der Waals surface area (Å²) < 4.78 is 5.01. The molecule has 0 aromatic carbocycles. The SMILES string of the molecule is CN=C(NCCOC)NCCN1CCN(c2ncccn2)CC1.I. The lowest BCUT2D eigenvalue weighted by Crippen LogP contribution is -2.49. The Kier molecular flexibility index (Phi) is 10.6. The van der Waals surface area contributed by atoms with Crippen LogP contribution in [0.1, 0.15) is 0 Å². The summed E-state index contributed by atoms with van der Waals surface area (Å²) >= 11 is 0. The molecule has 0 unspecified atom stereocenters. The molecule has 0 spiro atoms. The number of ether oxygens (including phenoxy) is 1. The molecule has 136 valence electrons. The summed E-state index contributed by atoms with van der Waals surface area (Å²) in [6.45, 7) is 7.26. The van der Waals surface area contributed by atoms with Gasteiger partial charge in [0.2, 0.25) is 5.95 Å². The smallest absolute Gasteiger partial charge is 0.225 e. The summed E-state index contributed by atoms with van der Waals surface area (Å²) in [4.78, 5) is 17.5. The van der Waals surface area contributed by atoms with Crippen molar-refractivity contribution in [3.05, 3.63) is 18.5 Å². The van der Waals surface area contributed by atoms with Crippen molar-refractivity contribution in [3.8, 4) is 0 Å². The second-order valence-corrected chi connectivity index (χ2v) is 5.30. The quantitative estimate of drug-likeness (QED) is 0.263. The highest BCUT2D eigenvalue weighted by Gasteiger charge is 2.18. The first-order valence-electron chi connectivity index (χ1n) is 8.01. The molecule has 8 nitrogen and oxygen atoms in total. The Hall–Kier alpha value is -1.20. The maximum Gasteiger partial charge on any atom is 0.225 e. The van der Waals surface area contributed by atoms with Gasteiger partial charge in [0, 0.05) is 72.4 Å². The van der Waals surface area contributed by atoms with Crippen LogP contribution in [0.15, 0.2) is 23.5 Å². The Balaban J connectivity index is 0.00000288. The molecule has 0 amide bonds. The van der Waals surface area contributed by atoms with Crippen molar-refractivity contribution < 1.29 is 4.74 Å². The topological polar surface area (TPSA) is 77.9 Å². The van der Waals surface area contributed by atoms with Crippen LogP contribution in [-0.2, 0) is 4.74 Å². The van der Waals surface area contributed by atoms with Crippen LogP contribution in [0.4, 0.5) is 5.95 Å². The van der Waals surface area contributed by atoms with Gasteiger partial charge in [-0.3, -0.25) is 9.89 Å². The number of rotatable bonds is 7. The van der Waals surface area contributed by atoms with Crippen molar-refractivity contribution in [1.82, 2.24) is 25.5 Å². The second-order valence-electron chi connectivity index (χ2n) is 5.30. The molecule has 1 aromatic heterocycles. The Morgan fingerprint density at radius 2 is 1.83 bits per heavy atom. The largest absolute Gasteiger partial charge is 0.383 e. The molecule has 1 aliphatic rings. The van der Waals surface area contributed by atoms with E-state index >= 15 is 0 Å². The Bertz CT molecular complexity index is 466. The molecule has 1 fully saturated rings. The van der Waals surface area contributed by atoms with Gasteiger partial charge < -0.3 is 20.3 Å². The lowest BCUT2D eigenvalue weighted by molar-refractivity contribution is 0.203. The van der Waals surface area contributed by atoms with Crippen LogP contribution in [0.2, 0.25) is 0 Å². The van der Waals surface area contributed by atoms with E-state index in [1.54, 1.807) is 26.6 Å². The summed E-state index contributed by atoms with van der Waals surface area (Å²) in [5.74, 6) is 1.64. The zero-order chi connectivity index (χ0) is 16.3. The van der Waals surface area contributed by atoms with Crippen molar-refractivity contribution in [2.24, 2.45) is 4.99 Å². The van der Waals surface area contributed by atoms with E-state index in [4.69, 9.17) is 4.74 Å². The molecule has 24 heavy (non-hydrogen) atoms. The van der Waals surface area contributed by atoms with Gasteiger partial charge in [0.1, 0.15) is 0 Å². The minimum atomic E-state index is 0. The van der Waals surface area contributed by atoms with Crippen LogP contribution in [-0.4, -0.2) is 87.4 Å². The first-order valence-corrected chi connectivity index (χ1v) is 8.01. The van der Waals surface area contributed by atoms with Gasteiger partial charge in [-0.25, -0.2) is 9.97 Å². The van der Waals surface area contributed by atoms with E-state index in [-0.39, 0.29) is 24.0 Å².